The van der Waals surface area contributed by atoms with Crippen LogP contribution in [0.2, 0.25) is 0 Å². The Morgan fingerprint density at radius 2 is 1.87 bits per heavy atom. The van der Waals surface area contributed by atoms with Gasteiger partial charge in [0, 0.05) is 0 Å². The van der Waals surface area contributed by atoms with Crippen LogP contribution < -0.4 is 0 Å². The first kappa shape index (κ1) is 11.1. The lowest BCUT2D eigenvalue weighted by Crippen LogP contribution is -2.26. The van der Waals surface area contributed by atoms with Crippen LogP contribution in [0.4, 0.5) is 0 Å². The van der Waals surface area contributed by atoms with Crippen LogP contribution in [0.3, 0.4) is 0 Å². The second-order valence-electron chi connectivity index (χ2n) is 2.94. The third-order valence-electron chi connectivity index (χ3n) is 1.77. The van der Waals surface area contributed by atoms with Gasteiger partial charge in [0.15, 0.2) is 12.1 Å². The van der Waals surface area contributed by atoms with Gasteiger partial charge >= 0.3 is 5.97 Å². The third kappa shape index (κ3) is 3.02. The van der Waals surface area contributed by atoms with Gasteiger partial charge in [-0.15, -0.1) is 0 Å². The summed E-state index contributed by atoms with van der Waals surface area (Å²) in [7, 11) is 0. The van der Waals surface area contributed by atoms with Crippen molar-refractivity contribution in [1.29, 1.82) is 0 Å². The van der Waals surface area contributed by atoms with Gasteiger partial charge in [-0.1, -0.05) is 18.2 Å². The molecule has 0 spiro atoms. The Labute approximate surface area is 86.9 Å². The maximum absolute atomic E-state index is 11.4. The molecule has 0 fully saturated rings. The fourth-order valence-electron chi connectivity index (χ4n) is 0.964. The molecule has 0 radical (unpaired) electrons. The summed E-state index contributed by atoms with van der Waals surface area (Å²) in [6.45, 7) is 1.19. The second-order valence-corrected chi connectivity index (χ2v) is 2.94. The summed E-state index contributed by atoms with van der Waals surface area (Å²) in [5.74, 6) is -1.17. The number of rotatable bonds is 4. The number of hydrogen-bond donors (Lipinski definition) is 0. The fraction of sp³-hybridized carbons (Fsp3) is 0.182. The van der Waals surface area contributed by atoms with Gasteiger partial charge < -0.3 is 4.74 Å². The number of Topliss-reactive ketones (excluding diaryl/α,β-unsaturated/α-hetero) is 1. The molecule has 0 saturated heterocycles. The molecular weight excluding hydrogens is 196 g/mol. The number of carbonyl (C=O) groups is 3. The highest BCUT2D eigenvalue weighted by Gasteiger charge is 2.18. The molecule has 1 aromatic carbocycles. The van der Waals surface area contributed by atoms with Crippen molar-refractivity contribution in [2.75, 3.05) is 0 Å². The van der Waals surface area contributed by atoms with E-state index in [-0.39, 0.29) is 0 Å². The van der Waals surface area contributed by atoms with E-state index in [2.05, 4.69) is 0 Å². The van der Waals surface area contributed by atoms with Gasteiger partial charge in [-0.3, -0.25) is 9.59 Å². The summed E-state index contributed by atoms with van der Waals surface area (Å²) in [4.78, 5) is 32.6. The van der Waals surface area contributed by atoms with Gasteiger partial charge in [0.1, 0.15) is 0 Å². The van der Waals surface area contributed by atoms with Crippen LogP contribution >= 0.6 is 0 Å². The molecule has 0 aliphatic rings. The van der Waals surface area contributed by atoms with Crippen molar-refractivity contribution in [2.24, 2.45) is 0 Å². The topological polar surface area (TPSA) is 60.4 Å². The van der Waals surface area contributed by atoms with E-state index in [9.17, 15) is 14.4 Å². The number of carbonyl (C=O) groups excluding carboxylic acids is 3. The van der Waals surface area contributed by atoms with Crippen LogP contribution in [-0.2, 0) is 14.3 Å². The minimum atomic E-state index is -1.31. The average Bonchev–Trinajstić information content (AvgIpc) is 2.26. The molecule has 0 aliphatic carbocycles. The molecule has 15 heavy (non-hydrogen) atoms. The Hall–Kier alpha value is -1.97. The molecule has 0 aromatic heterocycles. The van der Waals surface area contributed by atoms with Crippen molar-refractivity contribution in [3.05, 3.63) is 35.9 Å². The zero-order valence-corrected chi connectivity index (χ0v) is 8.17. The molecule has 78 valence electrons. The Kier molecular flexibility index (Phi) is 3.74. The summed E-state index contributed by atoms with van der Waals surface area (Å²) in [5, 5.41) is 0. The summed E-state index contributed by atoms with van der Waals surface area (Å²) in [5.41, 5.74) is 0.311. The minimum absolute atomic E-state index is 0.309. The van der Waals surface area contributed by atoms with E-state index in [1.54, 1.807) is 30.3 Å². The Morgan fingerprint density at radius 3 is 2.33 bits per heavy atom. The van der Waals surface area contributed by atoms with Crippen LogP contribution in [0.15, 0.2) is 30.3 Å². The summed E-state index contributed by atoms with van der Waals surface area (Å²) < 4.78 is 4.69. The van der Waals surface area contributed by atoms with Crippen molar-refractivity contribution in [1.82, 2.24) is 0 Å². The van der Waals surface area contributed by atoms with E-state index in [1.165, 1.54) is 6.92 Å². The highest BCUT2D eigenvalue weighted by Crippen LogP contribution is 2.03. The van der Waals surface area contributed by atoms with E-state index in [4.69, 9.17) is 4.74 Å². The van der Waals surface area contributed by atoms with Gasteiger partial charge in [-0.25, -0.2) is 4.79 Å². The molecule has 1 rings (SSSR count). The molecule has 0 aliphatic heterocycles. The molecule has 1 unspecified atom stereocenters. The first-order valence-corrected chi connectivity index (χ1v) is 4.37. The van der Waals surface area contributed by atoms with Crippen LogP contribution in [-0.4, -0.2) is 24.1 Å². The molecule has 1 atom stereocenters. The van der Waals surface area contributed by atoms with Crippen LogP contribution in [0, 0.1) is 0 Å². The van der Waals surface area contributed by atoms with Crippen LogP contribution in [0.25, 0.3) is 0 Å². The van der Waals surface area contributed by atoms with E-state index in [0.29, 0.717) is 11.8 Å². The average molecular weight is 206 g/mol. The van der Waals surface area contributed by atoms with Crippen LogP contribution in [0.1, 0.15) is 17.3 Å². The van der Waals surface area contributed by atoms with Crippen molar-refractivity contribution in [3.8, 4) is 0 Å². The summed E-state index contributed by atoms with van der Waals surface area (Å²) >= 11 is 0. The third-order valence-corrected chi connectivity index (χ3v) is 1.77. The standard InChI is InChI=1S/C11H10O4/c1-8(13)10(7-12)15-11(14)9-5-3-2-4-6-9/h2-7,10H,1H3. The maximum atomic E-state index is 11.4. The normalized spacial score (nSPS) is 11.5. The number of ketones is 1. The van der Waals surface area contributed by atoms with Gasteiger partial charge in [0.25, 0.3) is 0 Å². The van der Waals surface area contributed by atoms with Crippen molar-refractivity contribution < 1.29 is 19.1 Å². The van der Waals surface area contributed by atoms with Gasteiger partial charge in [-0.05, 0) is 19.1 Å². The number of aldehydes is 1. The molecule has 0 amide bonds. The van der Waals surface area contributed by atoms with E-state index < -0.39 is 17.9 Å². The van der Waals surface area contributed by atoms with Gasteiger partial charge in [0.2, 0.25) is 6.10 Å². The number of esters is 1. The highest BCUT2D eigenvalue weighted by atomic mass is 16.5. The fourth-order valence-corrected chi connectivity index (χ4v) is 0.964. The zero-order valence-electron chi connectivity index (χ0n) is 8.17. The van der Waals surface area contributed by atoms with E-state index >= 15 is 0 Å². The predicted octanol–water partition coefficient (Wildman–Crippen LogP) is 1.000. The molecule has 0 bridgehead atoms. The molecule has 0 N–H and O–H groups in total. The summed E-state index contributed by atoms with van der Waals surface area (Å²) in [6, 6.07) is 8.17. The minimum Gasteiger partial charge on any atom is -0.443 e. The lowest BCUT2D eigenvalue weighted by Gasteiger charge is -2.08. The number of hydrogen-bond acceptors (Lipinski definition) is 4. The smallest absolute Gasteiger partial charge is 0.339 e. The van der Waals surface area contributed by atoms with Gasteiger partial charge in [0.05, 0.1) is 5.56 Å². The van der Waals surface area contributed by atoms with Crippen molar-refractivity contribution in [2.45, 2.75) is 13.0 Å². The Balaban J connectivity index is 2.71. The molecule has 4 nitrogen and oxygen atoms in total. The highest BCUT2D eigenvalue weighted by molar-refractivity contribution is 5.99. The lowest BCUT2D eigenvalue weighted by atomic mass is 10.2. The number of ether oxygens (including phenoxy) is 1. The van der Waals surface area contributed by atoms with E-state index in [1.807, 2.05) is 0 Å². The van der Waals surface area contributed by atoms with E-state index in [0.717, 1.165) is 0 Å². The molecule has 0 saturated carbocycles. The van der Waals surface area contributed by atoms with Gasteiger partial charge in [-0.2, -0.15) is 0 Å². The van der Waals surface area contributed by atoms with Crippen molar-refractivity contribution in [3.63, 3.8) is 0 Å². The maximum Gasteiger partial charge on any atom is 0.339 e. The number of benzene rings is 1. The molecular formula is C11H10O4. The first-order valence-electron chi connectivity index (χ1n) is 4.37. The lowest BCUT2D eigenvalue weighted by molar-refractivity contribution is -0.131. The largest absolute Gasteiger partial charge is 0.443 e. The Bertz CT molecular complexity index is 369. The monoisotopic (exact) mass is 206 g/mol. The molecule has 4 heteroatoms. The first-order chi connectivity index (χ1) is 7.15. The zero-order chi connectivity index (χ0) is 11.3. The van der Waals surface area contributed by atoms with Crippen LogP contribution in [0.5, 0.6) is 0 Å². The quantitative estimate of drug-likeness (QED) is 0.419. The predicted molar refractivity (Wildman–Crippen MR) is 52.4 cm³/mol. The SMILES string of the molecule is CC(=O)C(C=O)OC(=O)c1ccccc1. The van der Waals surface area contributed by atoms with Crippen molar-refractivity contribution >= 4 is 18.0 Å². The second kappa shape index (κ2) is 5.05. The molecule has 1 aromatic rings. The Morgan fingerprint density at radius 1 is 1.27 bits per heavy atom. The summed E-state index contributed by atoms with van der Waals surface area (Å²) in [6.07, 6.45) is -0.999. The molecule has 0 heterocycles.